The quantitative estimate of drug-likeness (QED) is 0.675. The number of hydrogen-bond acceptors (Lipinski definition) is 3. The number of nitrogens with zero attached hydrogens (tertiary/aromatic N) is 2. The molecular weight excluding hydrogens is 339 g/mol. The molecule has 0 fully saturated rings. The zero-order chi connectivity index (χ0) is 16.4. The molecule has 7 heteroatoms. The normalized spacial score (nSPS) is 12.3. The average Bonchev–Trinajstić information content (AvgIpc) is 2.90. The maximum absolute atomic E-state index is 13.1. The molecule has 2 aromatic carbocycles. The van der Waals surface area contributed by atoms with Gasteiger partial charge in [0.1, 0.15) is 5.82 Å². The molecule has 0 amide bonds. The minimum absolute atomic E-state index is 0.0295. The van der Waals surface area contributed by atoms with Gasteiger partial charge in [-0.05, 0) is 29.8 Å². The van der Waals surface area contributed by atoms with Crippen molar-refractivity contribution in [2.45, 2.75) is 5.75 Å². The van der Waals surface area contributed by atoms with Gasteiger partial charge in [0, 0.05) is 17.4 Å². The Bertz CT molecular complexity index is 848. The summed E-state index contributed by atoms with van der Waals surface area (Å²) in [7, 11) is 0. The molecule has 4 nitrogen and oxygen atoms in total. The highest BCUT2D eigenvalue weighted by atomic mass is 35.5. The lowest BCUT2D eigenvalue weighted by atomic mass is 10.1. The van der Waals surface area contributed by atoms with Crippen molar-refractivity contribution in [3.8, 4) is 16.9 Å². The van der Waals surface area contributed by atoms with Crippen LogP contribution >= 0.6 is 11.6 Å². The van der Waals surface area contributed by atoms with Gasteiger partial charge in [-0.3, -0.25) is 4.21 Å². The van der Waals surface area contributed by atoms with E-state index in [0.717, 1.165) is 11.3 Å². The minimum atomic E-state index is -2.12. The Hall–Kier alpha value is -2.02. The van der Waals surface area contributed by atoms with Crippen molar-refractivity contribution < 1.29 is 13.2 Å². The second-order valence-electron chi connectivity index (χ2n) is 4.89. The third-order valence-corrected chi connectivity index (χ3v) is 4.04. The number of hydrogen-bond donors (Lipinski definition) is 0. The summed E-state index contributed by atoms with van der Waals surface area (Å²) in [6.07, 6.45) is 0. The van der Waals surface area contributed by atoms with Crippen LogP contribution < -0.4 is 0 Å². The van der Waals surface area contributed by atoms with E-state index in [0.29, 0.717) is 16.4 Å². The van der Waals surface area contributed by atoms with E-state index in [-0.39, 0.29) is 11.6 Å². The summed E-state index contributed by atoms with van der Waals surface area (Å²) in [5.74, 6) is -0.360. The van der Waals surface area contributed by atoms with Gasteiger partial charge in [0.15, 0.2) is 5.15 Å². The first-order chi connectivity index (χ1) is 11.0. The van der Waals surface area contributed by atoms with Crippen LogP contribution in [0.2, 0.25) is 5.15 Å². The van der Waals surface area contributed by atoms with Gasteiger partial charge < -0.3 is 4.55 Å². The second-order valence-corrected chi connectivity index (χ2v) is 6.17. The van der Waals surface area contributed by atoms with Gasteiger partial charge in [0.25, 0.3) is 0 Å². The summed E-state index contributed by atoms with van der Waals surface area (Å²) >= 11 is 3.89. The van der Waals surface area contributed by atoms with Crippen LogP contribution in [0.25, 0.3) is 16.9 Å². The highest BCUT2D eigenvalue weighted by molar-refractivity contribution is 7.78. The lowest BCUT2D eigenvalue weighted by Crippen LogP contribution is -1.99. The topological polar surface area (TPSA) is 57.9 Å². The standard InChI is InChI=1S/C16H12ClFN2O2S/c17-16-9-15(12-3-1-11(2-4-12)10-23(21)22)20(19-16)14-7-5-13(18)6-8-14/h1-9H,10H2,(H,21,22)/p-1. The fourth-order valence-electron chi connectivity index (χ4n) is 2.24. The molecule has 0 bridgehead atoms. The molecule has 0 N–H and O–H groups in total. The second kappa shape index (κ2) is 6.62. The molecule has 0 aliphatic carbocycles. The van der Waals surface area contributed by atoms with Crippen molar-refractivity contribution in [1.82, 2.24) is 9.78 Å². The third kappa shape index (κ3) is 3.67. The molecule has 0 aliphatic rings. The van der Waals surface area contributed by atoms with Crippen LogP contribution in [0.3, 0.4) is 0 Å². The molecule has 1 atom stereocenters. The molecule has 0 radical (unpaired) electrons. The first-order valence-corrected chi connectivity index (χ1v) is 8.32. The van der Waals surface area contributed by atoms with Crippen LogP contribution in [0.5, 0.6) is 0 Å². The zero-order valence-corrected chi connectivity index (χ0v) is 13.4. The minimum Gasteiger partial charge on any atom is -0.772 e. The highest BCUT2D eigenvalue weighted by Crippen LogP contribution is 2.26. The first-order valence-electron chi connectivity index (χ1n) is 6.69. The average molecular weight is 350 g/mol. The van der Waals surface area contributed by atoms with Gasteiger partial charge in [-0.1, -0.05) is 46.9 Å². The van der Waals surface area contributed by atoms with Gasteiger partial charge in [0.2, 0.25) is 0 Å². The van der Waals surface area contributed by atoms with Crippen molar-refractivity contribution in [2.24, 2.45) is 0 Å². The van der Waals surface area contributed by atoms with E-state index in [4.69, 9.17) is 11.6 Å². The maximum atomic E-state index is 13.1. The Balaban J connectivity index is 2.00. The van der Waals surface area contributed by atoms with Crippen LogP contribution in [0.1, 0.15) is 5.56 Å². The van der Waals surface area contributed by atoms with Crippen LogP contribution in [0.15, 0.2) is 54.6 Å². The number of halogens is 2. The molecule has 0 spiro atoms. The Kier molecular flexibility index (Phi) is 4.56. The number of rotatable bonds is 4. The summed E-state index contributed by atoms with van der Waals surface area (Å²) in [4.78, 5) is 0. The molecule has 118 valence electrons. The van der Waals surface area contributed by atoms with Crippen LogP contribution in [0, 0.1) is 5.82 Å². The molecule has 3 rings (SSSR count). The molecule has 3 aromatic rings. The van der Waals surface area contributed by atoms with Crippen LogP contribution in [0.4, 0.5) is 4.39 Å². The highest BCUT2D eigenvalue weighted by Gasteiger charge is 2.11. The molecule has 0 aliphatic heterocycles. The van der Waals surface area contributed by atoms with Crippen molar-refractivity contribution in [3.05, 3.63) is 71.1 Å². The Morgan fingerprint density at radius 1 is 1.13 bits per heavy atom. The molecule has 0 saturated carbocycles. The molecular formula is C16H11ClFN2O2S-. The molecule has 1 heterocycles. The van der Waals surface area contributed by atoms with Crippen molar-refractivity contribution in [1.29, 1.82) is 0 Å². The predicted molar refractivity (Wildman–Crippen MR) is 86.6 cm³/mol. The smallest absolute Gasteiger partial charge is 0.152 e. The van der Waals surface area contributed by atoms with Gasteiger partial charge in [-0.2, -0.15) is 5.10 Å². The predicted octanol–water partition coefficient (Wildman–Crippen LogP) is 3.71. The van der Waals surface area contributed by atoms with Gasteiger partial charge in [-0.25, -0.2) is 9.07 Å². The summed E-state index contributed by atoms with van der Waals surface area (Å²) in [6.45, 7) is 0. The zero-order valence-electron chi connectivity index (χ0n) is 11.8. The van der Waals surface area contributed by atoms with Crippen molar-refractivity contribution in [2.75, 3.05) is 0 Å². The van der Waals surface area contributed by atoms with Gasteiger partial charge in [-0.15, -0.1) is 0 Å². The van der Waals surface area contributed by atoms with E-state index < -0.39 is 11.1 Å². The SMILES string of the molecule is O=S([O-])Cc1ccc(-c2cc(Cl)nn2-c2ccc(F)cc2)cc1. The lowest BCUT2D eigenvalue weighted by molar-refractivity contribution is 0.536. The molecule has 0 saturated heterocycles. The van der Waals surface area contributed by atoms with E-state index in [1.54, 1.807) is 47.1 Å². The number of benzene rings is 2. The maximum Gasteiger partial charge on any atom is 0.152 e. The Labute approximate surface area is 139 Å². The first kappa shape index (κ1) is 15.9. The lowest BCUT2D eigenvalue weighted by Gasteiger charge is -2.09. The number of aromatic nitrogens is 2. The summed E-state index contributed by atoms with van der Waals surface area (Å²) < 4.78 is 36.1. The Morgan fingerprint density at radius 3 is 2.39 bits per heavy atom. The van der Waals surface area contributed by atoms with E-state index in [9.17, 15) is 13.2 Å². The van der Waals surface area contributed by atoms with Crippen molar-refractivity contribution in [3.63, 3.8) is 0 Å². The van der Waals surface area contributed by atoms with Crippen molar-refractivity contribution >= 4 is 22.7 Å². The summed E-state index contributed by atoms with van der Waals surface area (Å²) in [6, 6.07) is 14.7. The summed E-state index contributed by atoms with van der Waals surface area (Å²) in [5.41, 5.74) is 2.93. The van der Waals surface area contributed by atoms with E-state index in [1.165, 1.54) is 12.1 Å². The fourth-order valence-corrected chi connectivity index (χ4v) is 2.89. The van der Waals surface area contributed by atoms with Crippen LogP contribution in [-0.4, -0.2) is 18.5 Å². The molecule has 1 aromatic heterocycles. The fraction of sp³-hybridized carbons (Fsp3) is 0.0625. The van der Waals surface area contributed by atoms with Gasteiger partial charge >= 0.3 is 0 Å². The third-order valence-electron chi connectivity index (χ3n) is 3.28. The van der Waals surface area contributed by atoms with E-state index >= 15 is 0 Å². The Morgan fingerprint density at radius 2 is 1.78 bits per heavy atom. The van der Waals surface area contributed by atoms with Gasteiger partial charge in [0.05, 0.1) is 11.4 Å². The van der Waals surface area contributed by atoms with Crippen LogP contribution in [-0.2, 0) is 16.8 Å². The van der Waals surface area contributed by atoms with E-state index in [1.807, 2.05) is 0 Å². The largest absolute Gasteiger partial charge is 0.772 e. The van der Waals surface area contributed by atoms with E-state index in [2.05, 4.69) is 5.10 Å². The molecule has 1 unspecified atom stereocenters. The summed E-state index contributed by atoms with van der Waals surface area (Å²) in [5, 5.41) is 4.53. The monoisotopic (exact) mass is 349 g/mol. The molecule has 23 heavy (non-hydrogen) atoms.